The topological polar surface area (TPSA) is 64.6 Å². The van der Waals surface area contributed by atoms with E-state index < -0.39 is 0 Å². The molecule has 5 nitrogen and oxygen atoms in total. The number of carbonyl (C=O) groups excluding carboxylic acids is 1. The van der Waals surface area contributed by atoms with E-state index in [0.29, 0.717) is 24.5 Å². The maximum absolute atomic E-state index is 11.9. The van der Waals surface area contributed by atoms with Crippen molar-refractivity contribution in [2.24, 2.45) is 5.92 Å². The van der Waals surface area contributed by atoms with Crippen molar-refractivity contribution >= 4 is 6.03 Å². The predicted molar refractivity (Wildman–Crippen MR) is 86.3 cm³/mol. The van der Waals surface area contributed by atoms with Crippen molar-refractivity contribution in [2.45, 2.75) is 71.5 Å². The van der Waals surface area contributed by atoms with Gasteiger partial charge in [0.25, 0.3) is 0 Å². The number of carbonyl (C=O) groups is 1. The lowest BCUT2D eigenvalue weighted by Gasteiger charge is -2.31. The van der Waals surface area contributed by atoms with Crippen LogP contribution in [0.3, 0.4) is 0 Å². The second-order valence-corrected chi connectivity index (χ2v) is 6.73. The minimum atomic E-state index is -0.0603. The van der Waals surface area contributed by atoms with Crippen LogP contribution in [0.1, 0.15) is 53.4 Å². The second-order valence-electron chi connectivity index (χ2n) is 6.73. The predicted octanol–water partition coefficient (Wildman–Crippen LogP) is 1.96. The number of amides is 2. The molecule has 0 saturated heterocycles. The van der Waals surface area contributed by atoms with Gasteiger partial charge in [-0.15, -0.1) is 0 Å². The number of aliphatic hydroxyl groups is 1. The maximum atomic E-state index is 11.9. The van der Waals surface area contributed by atoms with Crippen molar-refractivity contribution in [1.82, 2.24) is 15.5 Å². The van der Waals surface area contributed by atoms with Gasteiger partial charge in [0, 0.05) is 37.8 Å². The van der Waals surface area contributed by atoms with Crippen LogP contribution >= 0.6 is 0 Å². The summed E-state index contributed by atoms with van der Waals surface area (Å²) in [5.41, 5.74) is 0. The van der Waals surface area contributed by atoms with E-state index in [1.807, 2.05) is 0 Å². The van der Waals surface area contributed by atoms with Crippen LogP contribution < -0.4 is 10.6 Å². The van der Waals surface area contributed by atoms with Crippen LogP contribution in [-0.4, -0.2) is 53.9 Å². The Kier molecular flexibility index (Phi) is 8.04. The third kappa shape index (κ3) is 6.66. The van der Waals surface area contributed by atoms with Crippen LogP contribution in [-0.2, 0) is 0 Å². The highest BCUT2D eigenvalue weighted by atomic mass is 16.3. The molecule has 0 radical (unpaired) electrons. The third-order valence-corrected chi connectivity index (χ3v) is 4.42. The molecule has 21 heavy (non-hydrogen) atoms. The normalized spacial score (nSPS) is 22.9. The summed E-state index contributed by atoms with van der Waals surface area (Å²) in [5.74, 6) is 0.428. The lowest BCUT2D eigenvalue weighted by atomic mass is 9.87. The number of hydrogen-bond donors (Lipinski definition) is 3. The van der Waals surface area contributed by atoms with Gasteiger partial charge in [-0.3, -0.25) is 4.90 Å². The van der Waals surface area contributed by atoms with E-state index >= 15 is 0 Å². The van der Waals surface area contributed by atoms with Crippen LogP contribution in [0.15, 0.2) is 0 Å². The average molecular weight is 299 g/mol. The Morgan fingerprint density at radius 3 is 2.19 bits per heavy atom. The van der Waals surface area contributed by atoms with Crippen LogP contribution in [0, 0.1) is 5.92 Å². The molecular weight excluding hydrogens is 266 g/mol. The van der Waals surface area contributed by atoms with E-state index in [-0.39, 0.29) is 18.7 Å². The van der Waals surface area contributed by atoms with Crippen molar-refractivity contribution in [3.63, 3.8) is 0 Å². The molecule has 1 aliphatic rings. The van der Waals surface area contributed by atoms with Gasteiger partial charge in [0.05, 0.1) is 0 Å². The lowest BCUT2D eigenvalue weighted by Crippen LogP contribution is -2.47. The largest absolute Gasteiger partial charge is 0.396 e. The summed E-state index contributed by atoms with van der Waals surface area (Å²) < 4.78 is 0. The average Bonchev–Trinajstić information content (AvgIpc) is 2.43. The fourth-order valence-electron chi connectivity index (χ4n) is 3.14. The lowest BCUT2D eigenvalue weighted by molar-refractivity contribution is 0.169. The SMILES string of the molecule is CC(C)N(CCNC(=O)NC1CCC(CO)CC1)C(C)C. The first-order chi connectivity index (χ1) is 9.93. The smallest absolute Gasteiger partial charge is 0.315 e. The first-order valence-electron chi connectivity index (χ1n) is 8.35. The second kappa shape index (κ2) is 9.26. The molecule has 0 spiro atoms. The van der Waals surface area contributed by atoms with Gasteiger partial charge < -0.3 is 15.7 Å². The summed E-state index contributed by atoms with van der Waals surface area (Å²) >= 11 is 0. The summed E-state index contributed by atoms with van der Waals surface area (Å²) in [5, 5.41) is 15.1. The molecular formula is C16H33N3O2. The Morgan fingerprint density at radius 2 is 1.71 bits per heavy atom. The number of nitrogens with one attached hydrogen (secondary N) is 2. The van der Waals surface area contributed by atoms with E-state index in [4.69, 9.17) is 5.11 Å². The zero-order valence-electron chi connectivity index (χ0n) is 14.1. The first-order valence-corrected chi connectivity index (χ1v) is 8.35. The first kappa shape index (κ1) is 18.2. The fraction of sp³-hybridized carbons (Fsp3) is 0.938. The van der Waals surface area contributed by atoms with E-state index in [1.54, 1.807) is 0 Å². The molecule has 3 N–H and O–H groups in total. The molecule has 0 aromatic carbocycles. The number of rotatable bonds is 7. The molecule has 0 aromatic heterocycles. The van der Waals surface area contributed by atoms with Gasteiger partial charge >= 0.3 is 6.03 Å². The minimum absolute atomic E-state index is 0.0603. The summed E-state index contributed by atoms with van der Waals surface area (Å²) in [4.78, 5) is 14.3. The highest BCUT2D eigenvalue weighted by molar-refractivity contribution is 5.74. The van der Waals surface area contributed by atoms with E-state index in [9.17, 15) is 4.79 Å². The summed E-state index contributed by atoms with van der Waals surface area (Å²) in [6, 6.07) is 1.18. The Bertz CT molecular complexity index is 292. The monoisotopic (exact) mass is 299 g/mol. The molecule has 0 aromatic rings. The zero-order chi connectivity index (χ0) is 15.8. The molecule has 2 amide bonds. The van der Waals surface area contributed by atoms with Crippen LogP contribution in [0.25, 0.3) is 0 Å². The molecule has 124 valence electrons. The molecule has 0 bridgehead atoms. The van der Waals surface area contributed by atoms with Gasteiger partial charge in [-0.1, -0.05) is 0 Å². The third-order valence-electron chi connectivity index (χ3n) is 4.42. The number of urea groups is 1. The van der Waals surface area contributed by atoms with Gasteiger partial charge in [0.1, 0.15) is 0 Å². The number of hydrogen-bond acceptors (Lipinski definition) is 3. The zero-order valence-corrected chi connectivity index (χ0v) is 14.1. The van der Waals surface area contributed by atoms with Crippen molar-refractivity contribution in [1.29, 1.82) is 0 Å². The summed E-state index contributed by atoms with van der Waals surface area (Å²) in [7, 11) is 0. The molecule has 1 rings (SSSR count). The Balaban J connectivity index is 2.19. The van der Waals surface area contributed by atoms with Gasteiger partial charge in [0.15, 0.2) is 0 Å². The maximum Gasteiger partial charge on any atom is 0.315 e. The van der Waals surface area contributed by atoms with Gasteiger partial charge in [-0.2, -0.15) is 0 Å². The molecule has 0 atom stereocenters. The van der Waals surface area contributed by atoms with E-state index in [2.05, 4.69) is 43.2 Å². The summed E-state index contributed by atoms with van der Waals surface area (Å²) in [6.07, 6.45) is 3.97. The van der Waals surface area contributed by atoms with Crippen molar-refractivity contribution in [3.05, 3.63) is 0 Å². The molecule has 5 heteroatoms. The Morgan fingerprint density at radius 1 is 1.14 bits per heavy atom. The van der Waals surface area contributed by atoms with Crippen molar-refractivity contribution in [3.8, 4) is 0 Å². The molecule has 1 fully saturated rings. The molecule has 1 saturated carbocycles. The highest BCUT2D eigenvalue weighted by Gasteiger charge is 2.21. The number of nitrogens with zero attached hydrogens (tertiary/aromatic N) is 1. The Labute approximate surface area is 129 Å². The highest BCUT2D eigenvalue weighted by Crippen LogP contribution is 2.23. The van der Waals surface area contributed by atoms with Crippen LogP contribution in [0.2, 0.25) is 0 Å². The molecule has 0 aliphatic heterocycles. The van der Waals surface area contributed by atoms with E-state index in [1.165, 1.54) is 0 Å². The van der Waals surface area contributed by atoms with E-state index in [0.717, 1.165) is 32.2 Å². The quantitative estimate of drug-likeness (QED) is 0.673. The van der Waals surface area contributed by atoms with Crippen LogP contribution in [0.4, 0.5) is 4.79 Å². The Hall–Kier alpha value is -0.810. The molecule has 1 aliphatic carbocycles. The van der Waals surface area contributed by atoms with Crippen molar-refractivity contribution < 1.29 is 9.90 Å². The minimum Gasteiger partial charge on any atom is -0.396 e. The molecule has 0 unspecified atom stereocenters. The fourth-order valence-corrected chi connectivity index (χ4v) is 3.14. The standard InChI is InChI=1S/C16H33N3O2/c1-12(2)19(13(3)4)10-9-17-16(21)18-15-7-5-14(11-20)6-8-15/h12-15,20H,5-11H2,1-4H3,(H2,17,18,21). The summed E-state index contributed by atoms with van der Waals surface area (Å²) in [6.45, 7) is 10.5. The van der Waals surface area contributed by atoms with Gasteiger partial charge in [-0.05, 0) is 59.3 Å². The van der Waals surface area contributed by atoms with Gasteiger partial charge in [-0.25, -0.2) is 4.79 Å². The van der Waals surface area contributed by atoms with Crippen LogP contribution in [0.5, 0.6) is 0 Å². The molecule has 0 heterocycles. The van der Waals surface area contributed by atoms with Crippen molar-refractivity contribution in [2.75, 3.05) is 19.7 Å². The number of aliphatic hydroxyl groups excluding tert-OH is 1. The van der Waals surface area contributed by atoms with Gasteiger partial charge in [0.2, 0.25) is 0 Å².